The molecule has 1 amide bonds. The van der Waals surface area contributed by atoms with E-state index in [1.165, 1.54) is 11.3 Å². The van der Waals surface area contributed by atoms with Crippen LogP contribution in [0.15, 0.2) is 41.6 Å². The number of hydrogen-bond donors (Lipinski definition) is 2. The van der Waals surface area contributed by atoms with E-state index in [1.54, 1.807) is 10.7 Å². The summed E-state index contributed by atoms with van der Waals surface area (Å²) < 4.78 is 1.75. The van der Waals surface area contributed by atoms with Crippen molar-refractivity contribution >= 4 is 17.5 Å². The number of halogens is 1. The first-order chi connectivity index (χ1) is 11.5. The summed E-state index contributed by atoms with van der Waals surface area (Å²) >= 11 is 5.92. The summed E-state index contributed by atoms with van der Waals surface area (Å²) in [5.41, 5.74) is 4.72. The Balaban J connectivity index is 1.73. The van der Waals surface area contributed by atoms with Crippen LogP contribution in [0.4, 0.5) is 0 Å². The van der Waals surface area contributed by atoms with Crippen molar-refractivity contribution in [3.63, 3.8) is 0 Å². The number of aromatic nitrogens is 2. The molecule has 0 saturated carbocycles. The molecule has 24 heavy (non-hydrogen) atoms. The van der Waals surface area contributed by atoms with E-state index in [9.17, 15) is 4.79 Å². The average molecular weight is 345 g/mol. The minimum absolute atomic E-state index is 0.126. The van der Waals surface area contributed by atoms with Gasteiger partial charge in [0.1, 0.15) is 0 Å². The number of aryl methyl sites for hydroxylation is 1. The van der Waals surface area contributed by atoms with Gasteiger partial charge in [0, 0.05) is 35.9 Å². The van der Waals surface area contributed by atoms with E-state index < -0.39 is 0 Å². The van der Waals surface area contributed by atoms with Crippen LogP contribution in [0.3, 0.4) is 0 Å². The number of amides is 1. The van der Waals surface area contributed by atoms with Gasteiger partial charge in [-0.15, -0.1) is 0 Å². The first-order valence-corrected chi connectivity index (χ1v) is 8.35. The molecular formula is C18H21ClN4O. The van der Waals surface area contributed by atoms with Crippen molar-refractivity contribution in [3.8, 4) is 5.69 Å². The molecule has 1 aliphatic carbocycles. The van der Waals surface area contributed by atoms with Crippen molar-refractivity contribution < 1.29 is 4.79 Å². The van der Waals surface area contributed by atoms with Crippen LogP contribution >= 0.6 is 11.6 Å². The third-order valence-corrected chi connectivity index (χ3v) is 4.60. The predicted molar refractivity (Wildman–Crippen MR) is 95.6 cm³/mol. The summed E-state index contributed by atoms with van der Waals surface area (Å²) in [4.78, 5) is 12.5. The van der Waals surface area contributed by atoms with Crippen molar-refractivity contribution in [2.75, 3.05) is 7.05 Å². The number of nitrogens with zero attached hydrogens (tertiary/aromatic N) is 2. The Labute approximate surface area is 146 Å². The first kappa shape index (κ1) is 16.6. The lowest BCUT2D eigenvalue weighted by Gasteiger charge is -2.11. The molecule has 0 bridgehead atoms. The Bertz CT molecular complexity index is 792. The monoisotopic (exact) mass is 344 g/mol. The second-order valence-electron chi connectivity index (χ2n) is 6.15. The third-order valence-electron chi connectivity index (χ3n) is 4.35. The molecule has 5 nitrogen and oxygen atoms in total. The lowest BCUT2D eigenvalue weighted by atomic mass is 10.2. The molecule has 0 spiro atoms. The molecule has 0 aliphatic heterocycles. The number of benzene rings is 1. The fraction of sp³-hybridized carbons (Fsp3) is 0.333. The van der Waals surface area contributed by atoms with Crippen LogP contribution in [0.2, 0.25) is 5.02 Å². The molecule has 1 atom stereocenters. The number of nitrogens with one attached hydrogen (secondary N) is 2. The summed E-state index contributed by atoms with van der Waals surface area (Å²) in [6.07, 6.45) is 1.71. The highest BCUT2D eigenvalue weighted by atomic mass is 35.5. The molecule has 6 heteroatoms. The zero-order valence-electron chi connectivity index (χ0n) is 14.1. The molecule has 1 aromatic heterocycles. The van der Waals surface area contributed by atoms with Crippen LogP contribution < -0.4 is 10.6 Å². The predicted octanol–water partition coefficient (Wildman–Crippen LogP) is 3.22. The zero-order chi connectivity index (χ0) is 17.3. The molecular weight excluding hydrogens is 324 g/mol. The van der Waals surface area contributed by atoms with Crippen molar-refractivity contribution in [1.29, 1.82) is 0 Å². The van der Waals surface area contributed by atoms with Crippen molar-refractivity contribution in [3.05, 3.63) is 58.0 Å². The van der Waals surface area contributed by atoms with Crippen molar-refractivity contribution in [2.24, 2.45) is 0 Å². The van der Waals surface area contributed by atoms with E-state index >= 15 is 0 Å². The molecule has 126 valence electrons. The van der Waals surface area contributed by atoms with E-state index in [0.717, 1.165) is 24.2 Å². The molecule has 0 radical (unpaired) electrons. The highest BCUT2D eigenvalue weighted by Gasteiger charge is 2.24. The lowest BCUT2D eigenvalue weighted by Crippen LogP contribution is -2.34. The summed E-state index contributed by atoms with van der Waals surface area (Å²) in [6, 6.07) is 9.31. The number of hydrogen-bond acceptors (Lipinski definition) is 3. The van der Waals surface area contributed by atoms with Crippen molar-refractivity contribution in [2.45, 2.75) is 32.7 Å². The molecule has 1 unspecified atom stereocenters. The largest absolute Gasteiger partial charge is 0.391 e. The normalized spacial score (nSPS) is 17.2. The zero-order valence-corrected chi connectivity index (χ0v) is 14.8. The van der Waals surface area contributed by atoms with Crippen molar-refractivity contribution in [1.82, 2.24) is 20.4 Å². The summed E-state index contributed by atoms with van der Waals surface area (Å²) in [5.74, 6) is -0.138. The average Bonchev–Trinajstić information content (AvgIpc) is 3.11. The van der Waals surface area contributed by atoms with Crippen LogP contribution in [-0.2, 0) is 0 Å². The summed E-state index contributed by atoms with van der Waals surface area (Å²) in [7, 11) is 1.92. The van der Waals surface area contributed by atoms with Gasteiger partial charge in [0.2, 0.25) is 0 Å². The van der Waals surface area contributed by atoms with Gasteiger partial charge >= 0.3 is 0 Å². The minimum atomic E-state index is -0.138. The van der Waals surface area contributed by atoms with Gasteiger partial charge in [-0.05, 0) is 50.6 Å². The van der Waals surface area contributed by atoms with Crippen LogP contribution in [0.1, 0.15) is 35.9 Å². The number of carbonyl (C=O) groups excluding carboxylic acids is 1. The van der Waals surface area contributed by atoms with Gasteiger partial charge in [-0.25, -0.2) is 4.68 Å². The van der Waals surface area contributed by atoms with Crippen LogP contribution in [0.5, 0.6) is 0 Å². The quantitative estimate of drug-likeness (QED) is 0.895. The molecule has 1 aliphatic rings. The maximum Gasteiger partial charge on any atom is 0.272 e. The Morgan fingerprint density at radius 3 is 2.58 bits per heavy atom. The molecule has 1 heterocycles. The van der Waals surface area contributed by atoms with Crippen LogP contribution in [0, 0.1) is 6.92 Å². The van der Waals surface area contributed by atoms with Gasteiger partial charge in [-0.3, -0.25) is 4.79 Å². The Morgan fingerprint density at radius 2 is 1.96 bits per heavy atom. The molecule has 2 N–H and O–H groups in total. The van der Waals surface area contributed by atoms with Gasteiger partial charge in [-0.2, -0.15) is 5.10 Å². The van der Waals surface area contributed by atoms with E-state index in [0.29, 0.717) is 10.7 Å². The van der Waals surface area contributed by atoms with Gasteiger partial charge in [-0.1, -0.05) is 17.2 Å². The van der Waals surface area contributed by atoms with E-state index in [1.807, 2.05) is 38.2 Å². The SMILES string of the molecule is CNC1=C(C)CC(NC(=O)c2cc(C)n(-c3ccc(Cl)cc3)n2)C1. The minimum Gasteiger partial charge on any atom is -0.391 e. The highest BCUT2D eigenvalue weighted by molar-refractivity contribution is 6.30. The van der Waals surface area contributed by atoms with E-state index in [-0.39, 0.29) is 11.9 Å². The number of rotatable bonds is 4. The van der Waals surface area contributed by atoms with Gasteiger partial charge < -0.3 is 10.6 Å². The van der Waals surface area contributed by atoms with E-state index in [4.69, 9.17) is 11.6 Å². The lowest BCUT2D eigenvalue weighted by molar-refractivity contribution is 0.0933. The first-order valence-electron chi connectivity index (χ1n) is 7.97. The fourth-order valence-electron chi connectivity index (χ4n) is 3.09. The highest BCUT2D eigenvalue weighted by Crippen LogP contribution is 2.24. The van der Waals surface area contributed by atoms with Gasteiger partial charge in [0.05, 0.1) is 5.69 Å². The standard InChI is InChI=1S/C18H21ClN4O/c1-11-8-14(10-16(11)20-3)21-18(24)17-9-12(2)23(22-17)15-6-4-13(19)5-7-15/h4-7,9,14,20H,8,10H2,1-3H3,(H,21,24). The van der Waals surface area contributed by atoms with Crippen LogP contribution in [0.25, 0.3) is 5.69 Å². The Kier molecular flexibility index (Phi) is 4.62. The second-order valence-corrected chi connectivity index (χ2v) is 6.58. The fourth-order valence-corrected chi connectivity index (χ4v) is 3.22. The molecule has 2 aromatic rings. The van der Waals surface area contributed by atoms with Crippen LogP contribution in [-0.4, -0.2) is 28.8 Å². The van der Waals surface area contributed by atoms with E-state index in [2.05, 4.69) is 22.7 Å². The second kappa shape index (κ2) is 6.69. The number of carbonyl (C=O) groups is 1. The van der Waals surface area contributed by atoms with Gasteiger partial charge in [0.15, 0.2) is 5.69 Å². The summed E-state index contributed by atoms with van der Waals surface area (Å²) in [5, 5.41) is 11.4. The Morgan fingerprint density at radius 1 is 1.25 bits per heavy atom. The molecule has 1 aromatic carbocycles. The third kappa shape index (κ3) is 3.31. The smallest absolute Gasteiger partial charge is 0.272 e. The molecule has 0 saturated heterocycles. The summed E-state index contributed by atoms with van der Waals surface area (Å²) in [6.45, 7) is 4.02. The maximum atomic E-state index is 12.5. The maximum absolute atomic E-state index is 12.5. The Hall–Kier alpha value is -2.27. The van der Waals surface area contributed by atoms with Gasteiger partial charge in [0.25, 0.3) is 5.91 Å². The molecule has 0 fully saturated rings. The molecule has 3 rings (SSSR count). The topological polar surface area (TPSA) is 58.9 Å².